The van der Waals surface area contributed by atoms with Crippen molar-refractivity contribution < 1.29 is 9.09 Å². The van der Waals surface area contributed by atoms with E-state index in [4.69, 9.17) is 11.6 Å². The van der Waals surface area contributed by atoms with Gasteiger partial charge in [0.15, 0.2) is 0 Å². The smallest absolute Gasteiger partial charge is 0.201 e. The van der Waals surface area contributed by atoms with Gasteiger partial charge >= 0.3 is 0 Å². The quantitative estimate of drug-likeness (QED) is 0.460. The van der Waals surface area contributed by atoms with Crippen molar-refractivity contribution in [2.45, 2.75) is 0 Å². The lowest BCUT2D eigenvalue weighted by Crippen LogP contribution is -1.90. The van der Waals surface area contributed by atoms with Crippen molar-refractivity contribution in [1.29, 1.82) is 0 Å². The van der Waals surface area contributed by atoms with Gasteiger partial charge in [-0.2, -0.15) is 0 Å². The van der Waals surface area contributed by atoms with Gasteiger partial charge in [0.2, 0.25) is 7.37 Å². The fourth-order valence-corrected chi connectivity index (χ4v) is 1.66. The van der Waals surface area contributed by atoms with Gasteiger partial charge in [0.05, 0.1) is 0 Å². The lowest BCUT2D eigenvalue weighted by molar-refractivity contribution is 0.400. The third-order valence-corrected chi connectivity index (χ3v) is 3.14. The molecule has 4 heteroatoms. The van der Waals surface area contributed by atoms with Crippen molar-refractivity contribution in [3.8, 4) is 0 Å². The minimum atomic E-state index is -2.31. The second kappa shape index (κ2) is 3.49. The molecule has 0 bridgehead atoms. The molecule has 0 spiro atoms. The summed E-state index contributed by atoms with van der Waals surface area (Å²) in [5.41, 5.74) is 0. The molecule has 0 rings (SSSR count). The Kier molecular flexibility index (Phi) is 3.70. The minimum Gasteiger partial charge on any atom is -0.332 e. The average molecular weight is 157 g/mol. The van der Waals surface area contributed by atoms with Gasteiger partial charge in [0.1, 0.15) is 0 Å². The molecule has 0 saturated carbocycles. The number of rotatable bonds is 3. The highest BCUT2D eigenvalue weighted by atomic mass is 35.5. The van der Waals surface area contributed by atoms with E-state index < -0.39 is 7.37 Å². The van der Waals surface area contributed by atoms with Gasteiger partial charge in [0, 0.05) is 25.8 Å². The summed E-state index contributed by atoms with van der Waals surface area (Å²) in [4.78, 5) is 0. The summed E-state index contributed by atoms with van der Waals surface area (Å²) in [6.45, 7) is 1.58. The molecule has 0 aromatic heterocycles. The maximum atomic E-state index is 10.9. The Morgan fingerprint density at radius 2 is 2.25 bits per heavy atom. The first-order valence-corrected chi connectivity index (χ1v) is 5.10. The Morgan fingerprint density at radius 1 is 1.75 bits per heavy atom. The van der Waals surface area contributed by atoms with E-state index in [1.54, 1.807) is 6.66 Å². The van der Waals surface area contributed by atoms with Crippen molar-refractivity contribution in [2.75, 3.05) is 25.8 Å². The second-order valence-corrected chi connectivity index (χ2v) is 4.83. The second-order valence-electron chi connectivity index (χ2n) is 1.61. The van der Waals surface area contributed by atoms with Crippen LogP contribution in [0.3, 0.4) is 0 Å². The SMILES string of the molecule is COP(C)(=O)CCCl. The zero-order valence-corrected chi connectivity index (χ0v) is 6.71. The zero-order valence-electron chi connectivity index (χ0n) is 5.06. The van der Waals surface area contributed by atoms with Crippen LogP contribution in [0.15, 0.2) is 0 Å². The summed E-state index contributed by atoms with van der Waals surface area (Å²) in [6, 6.07) is 0. The van der Waals surface area contributed by atoms with Crippen LogP contribution in [0.4, 0.5) is 0 Å². The summed E-state index contributed by atoms with van der Waals surface area (Å²) < 4.78 is 15.5. The van der Waals surface area contributed by atoms with Crippen LogP contribution < -0.4 is 0 Å². The molecular formula is C4H10ClO2P. The van der Waals surface area contributed by atoms with Gasteiger partial charge < -0.3 is 4.52 Å². The van der Waals surface area contributed by atoms with Crippen molar-refractivity contribution in [1.82, 2.24) is 0 Å². The van der Waals surface area contributed by atoms with E-state index in [0.717, 1.165) is 0 Å². The first kappa shape index (κ1) is 8.48. The molecule has 0 aromatic rings. The predicted molar refractivity (Wildman–Crippen MR) is 36.1 cm³/mol. The zero-order chi connectivity index (χ0) is 6.62. The molecule has 0 heterocycles. The van der Waals surface area contributed by atoms with Crippen LogP contribution in [0.1, 0.15) is 0 Å². The van der Waals surface area contributed by atoms with E-state index in [9.17, 15) is 4.57 Å². The van der Waals surface area contributed by atoms with Gasteiger partial charge in [-0.05, 0) is 0 Å². The van der Waals surface area contributed by atoms with Crippen LogP contribution in [0.25, 0.3) is 0 Å². The Hall–Kier alpha value is 0.480. The number of hydrogen-bond donors (Lipinski definition) is 0. The molecule has 0 radical (unpaired) electrons. The standard InChI is InChI=1S/C4H10ClO2P/c1-7-8(2,6)4-3-5/h3-4H2,1-2H3. The van der Waals surface area contributed by atoms with Crippen LogP contribution in [0, 0.1) is 0 Å². The van der Waals surface area contributed by atoms with E-state index in [2.05, 4.69) is 4.52 Å². The maximum Gasteiger partial charge on any atom is 0.201 e. The third-order valence-electron chi connectivity index (χ3n) is 0.877. The van der Waals surface area contributed by atoms with Crippen LogP contribution in [-0.2, 0) is 9.09 Å². The summed E-state index contributed by atoms with van der Waals surface area (Å²) in [5.74, 6) is 0.404. The topological polar surface area (TPSA) is 26.3 Å². The first-order chi connectivity index (χ1) is 3.62. The minimum absolute atomic E-state index is 0.404. The van der Waals surface area contributed by atoms with E-state index in [1.165, 1.54) is 7.11 Å². The highest BCUT2D eigenvalue weighted by Crippen LogP contribution is 2.40. The molecule has 0 amide bonds. The van der Waals surface area contributed by atoms with Crippen molar-refractivity contribution in [2.24, 2.45) is 0 Å². The van der Waals surface area contributed by atoms with Crippen molar-refractivity contribution >= 4 is 19.0 Å². The van der Waals surface area contributed by atoms with Crippen molar-refractivity contribution in [3.05, 3.63) is 0 Å². The number of halogens is 1. The molecule has 0 N–H and O–H groups in total. The number of alkyl halides is 1. The molecule has 0 saturated heterocycles. The van der Waals surface area contributed by atoms with Gasteiger partial charge in [-0.15, -0.1) is 11.6 Å². The first-order valence-electron chi connectivity index (χ1n) is 2.30. The monoisotopic (exact) mass is 156 g/mol. The maximum absolute atomic E-state index is 10.9. The Morgan fingerprint density at radius 3 is 2.38 bits per heavy atom. The molecule has 2 nitrogen and oxygen atoms in total. The Bertz CT molecular complexity index is 104. The molecule has 0 aromatic carbocycles. The molecule has 1 unspecified atom stereocenters. The number of hydrogen-bond acceptors (Lipinski definition) is 2. The summed E-state index contributed by atoms with van der Waals surface area (Å²) in [7, 11) is -0.868. The molecule has 0 aliphatic heterocycles. The van der Waals surface area contributed by atoms with Gasteiger partial charge in [-0.1, -0.05) is 0 Å². The molecule has 0 aliphatic carbocycles. The van der Waals surface area contributed by atoms with Crippen molar-refractivity contribution in [3.63, 3.8) is 0 Å². The Balaban J connectivity index is 3.55. The van der Waals surface area contributed by atoms with E-state index in [1.807, 2.05) is 0 Å². The molecule has 1 atom stereocenters. The highest BCUT2D eigenvalue weighted by Gasteiger charge is 2.10. The predicted octanol–water partition coefficient (Wildman–Crippen LogP) is 1.78. The lowest BCUT2D eigenvalue weighted by Gasteiger charge is -2.05. The lowest BCUT2D eigenvalue weighted by atomic mass is 11.0. The molecule has 8 heavy (non-hydrogen) atoms. The fraction of sp³-hybridized carbons (Fsp3) is 1.00. The third kappa shape index (κ3) is 3.48. The van der Waals surface area contributed by atoms with Crippen LogP contribution in [0.5, 0.6) is 0 Å². The van der Waals surface area contributed by atoms with E-state index >= 15 is 0 Å². The molecule has 0 aliphatic rings. The molecular weight excluding hydrogens is 146 g/mol. The van der Waals surface area contributed by atoms with Gasteiger partial charge in [-0.25, -0.2) is 0 Å². The van der Waals surface area contributed by atoms with Crippen LogP contribution >= 0.6 is 19.0 Å². The van der Waals surface area contributed by atoms with Crippen LogP contribution in [-0.4, -0.2) is 25.8 Å². The average Bonchev–Trinajstić information content (AvgIpc) is 1.67. The largest absolute Gasteiger partial charge is 0.332 e. The summed E-state index contributed by atoms with van der Waals surface area (Å²) in [5, 5.41) is 0. The van der Waals surface area contributed by atoms with Gasteiger partial charge in [-0.3, -0.25) is 4.57 Å². The van der Waals surface area contributed by atoms with E-state index in [-0.39, 0.29) is 0 Å². The Labute approximate surface area is 54.6 Å². The summed E-state index contributed by atoms with van der Waals surface area (Å²) in [6.07, 6.45) is 0.463. The van der Waals surface area contributed by atoms with E-state index in [0.29, 0.717) is 12.0 Å². The molecule has 50 valence electrons. The summed E-state index contributed by atoms with van der Waals surface area (Å²) >= 11 is 5.31. The van der Waals surface area contributed by atoms with Crippen LogP contribution in [0.2, 0.25) is 0 Å². The molecule has 0 fully saturated rings. The van der Waals surface area contributed by atoms with Gasteiger partial charge in [0.25, 0.3) is 0 Å². The fourth-order valence-electron chi connectivity index (χ4n) is 0.245. The highest BCUT2D eigenvalue weighted by molar-refractivity contribution is 7.58. The normalized spacial score (nSPS) is 17.9.